The molecule has 7 nitrogen and oxygen atoms in total. The van der Waals surface area contributed by atoms with Gasteiger partial charge in [-0.25, -0.2) is 0 Å². The first kappa shape index (κ1) is 20.6. The van der Waals surface area contributed by atoms with Crippen LogP contribution < -0.4 is 11.1 Å². The Kier molecular flexibility index (Phi) is 7.80. The van der Waals surface area contributed by atoms with Gasteiger partial charge in [0.25, 0.3) is 0 Å². The number of para-hydroxylation sites is 2. The number of nitrogens with one attached hydrogen (secondary N) is 1. The molecule has 1 saturated heterocycles. The zero-order valence-corrected chi connectivity index (χ0v) is 16.3. The number of nitrogens with zero attached hydrogens (tertiary/aromatic N) is 2. The maximum atomic E-state index is 12.0. The second kappa shape index (κ2) is 11.0. The Morgan fingerprint density at radius 1 is 1.14 bits per heavy atom. The van der Waals surface area contributed by atoms with Crippen LogP contribution in [0.4, 0.5) is 11.4 Å². The molecular formula is C22H26N4O3. The van der Waals surface area contributed by atoms with Crippen LogP contribution in [0.3, 0.4) is 0 Å². The highest BCUT2D eigenvalue weighted by molar-refractivity contribution is 6.03. The summed E-state index contributed by atoms with van der Waals surface area (Å²) < 4.78 is 5.31. The van der Waals surface area contributed by atoms with E-state index in [1.807, 2.05) is 36.4 Å². The third-order valence-corrected chi connectivity index (χ3v) is 4.46. The summed E-state index contributed by atoms with van der Waals surface area (Å²) in [6, 6.07) is 14.8. The number of rotatable bonds is 8. The first-order valence-electron chi connectivity index (χ1n) is 9.60. The van der Waals surface area contributed by atoms with Gasteiger partial charge in [-0.2, -0.15) is 0 Å². The van der Waals surface area contributed by atoms with Gasteiger partial charge in [-0.05, 0) is 29.3 Å². The highest BCUT2D eigenvalue weighted by Gasteiger charge is 2.09. The number of hydrogen-bond donors (Lipinski definition) is 2. The van der Waals surface area contributed by atoms with Gasteiger partial charge < -0.3 is 20.6 Å². The molecule has 2 aromatic carbocycles. The topological polar surface area (TPSA) is 89.2 Å². The molecule has 7 heteroatoms. The Bertz CT molecular complexity index is 843. The van der Waals surface area contributed by atoms with Crippen molar-refractivity contribution in [2.24, 2.45) is 5.16 Å². The number of carbonyl (C=O) groups is 1. The number of oxime groups is 1. The standard InChI is InChI=1S/C22H26N4O3/c23-20-3-1-2-4-21(20)25-22(27)10-9-18-5-7-19(8-6-18)17-24-29-16-13-26-11-14-28-15-12-26/h1-10,17H,11-16,23H2,(H,25,27)/b10-9+,24-17+. The molecule has 0 aromatic heterocycles. The molecule has 1 fully saturated rings. The Morgan fingerprint density at radius 2 is 1.86 bits per heavy atom. The molecule has 29 heavy (non-hydrogen) atoms. The number of morpholine rings is 1. The number of anilines is 2. The van der Waals surface area contributed by atoms with Crippen molar-refractivity contribution in [3.05, 3.63) is 65.7 Å². The van der Waals surface area contributed by atoms with Crippen LogP contribution in [0.5, 0.6) is 0 Å². The third kappa shape index (κ3) is 7.06. The van der Waals surface area contributed by atoms with Gasteiger partial charge in [-0.15, -0.1) is 0 Å². The van der Waals surface area contributed by atoms with Crippen molar-refractivity contribution in [2.45, 2.75) is 0 Å². The predicted molar refractivity (Wildman–Crippen MR) is 116 cm³/mol. The molecule has 1 aliphatic heterocycles. The molecule has 152 valence electrons. The summed E-state index contributed by atoms with van der Waals surface area (Å²) >= 11 is 0. The molecule has 0 saturated carbocycles. The van der Waals surface area contributed by atoms with Crippen molar-refractivity contribution in [3.8, 4) is 0 Å². The summed E-state index contributed by atoms with van der Waals surface area (Å²) in [6.45, 7) is 4.86. The van der Waals surface area contributed by atoms with Crippen molar-refractivity contribution in [3.63, 3.8) is 0 Å². The minimum Gasteiger partial charge on any atom is -0.397 e. The largest absolute Gasteiger partial charge is 0.397 e. The number of amides is 1. The lowest BCUT2D eigenvalue weighted by Crippen LogP contribution is -2.38. The summed E-state index contributed by atoms with van der Waals surface area (Å²) in [4.78, 5) is 19.6. The van der Waals surface area contributed by atoms with E-state index in [0.717, 1.165) is 44.0 Å². The Labute approximate surface area is 170 Å². The number of carbonyl (C=O) groups excluding carboxylic acids is 1. The Morgan fingerprint density at radius 3 is 2.62 bits per heavy atom. The van der Waals surface area contributed by atoms with Gasteiger partial charge in [-0.1, -0.05) is 41.6 Å². The van der Waals surface area contributed by atoms with E-state index in [9.17, 15) is 4.79 Å². The van der Waals surface area contributed by atoms with E-state index in [1.54, 1.807) is 24.4 Å². The molecule has 3 rings (SSSR count). The first-order chi connectivity index (χ1) is 14.2. The second-order valence-electron chi connectivity index (χ2n) is 6.60. The smallest absolute Gasteiger partial charge is 0.248 e. The van der Waals surface area contributed by atoms with E-state index in [0.29, 0.717) is 18.0 Å². The van der Waals surface area contributed by atoms with Crippen LogP contribution in [0.1, 0.15) is 11.1 Å². The van der Waals surface area contributed by atoms with Crippen LogP contribution in [-0.4, -0.2) is 56.5 Å². The predicted octanol–water partition coefficient (Wildman–Crippen LogP) is 2.60. The Hall–Kier alpha value is -3.16. The van der Waals surface area contributed by atoms with Crippen LogP contribution in [0.15, 0.2) is 59.8 Å². The average molecular weight is 394 g/mol. The molecule has 0 spiro atoms. The van der Waals surface area contributed by atoms with Crippen LogP contribution >= 0.6 is 0 Å². The summed E-state index contributed by atoms with van der Waals surface area (Å²) in [6.07, 6.45) is 4.90. The number of nitrogen functional groups attached to an aromatic ring is 1. The number of benzene rings is 2. The third-order valence-electron chi connectivity index (χ3n) is 4.46. The van der Waals surface area contributed by atoms with Gasteiger partial charge in [0.1, 0.15) is 6.61 Å². The Balaban J connectivity index is 1.41. The minimum atomic E-state index is -0.234. The number of hydrogen-bond acceptors (Lipinski definition) is 6. The fourth-order valence-electron chi connectivity index (χ4n) is 2.80. The molecule has 0 radical (unpaired) electrons. The lowest BCUT2D eigenvalue weighted by atomic mass is 10.1. The van der Waals surface area contributed by atoms with Crippen molar-refractivity contribution in [1.82, 2.24) is 4.90 Å². The summed E-state index contributed by atoms with van der Waals surface area (Å²) in [5.41, 5.74) is 8.79. The summed E-state index contributed by atoms with van der Waals surface area (Å²) in [5, 5.41) is 6.76. The van der Waals surface area contributed by atoms with Gasteiger partial charge in [0.15, 0.2) is 0 Å². The molecule has 3 N–H and O–H groups in total. The van der Waals surface area contributed by atoms with Crippen molar-refractivity contribution < 1.29 is 14.4 Å². The van der Waals surface area contributed by atoms with Crippen LogP contribution in [0, 0.1) is 0 Å². The van der Waals surface area contributed by atoms with Crippen molar-refractivity contribution >= 4 is 29.6 Å². The van der Waals surface area contributed by atoms with Crippen molar-refractivity contribution in [2.75, 3.05) is 50.5 Å². The average Bonchev–Trinajstić information content (AvgIpc) is 2.75. The second-order valence-corrected chi connectivity index (χ2v) is 6.60. The molecule has 0 unspecified atom stereocenters. The quantitative estimate of drug-likeness (QED) is 0.236. The lowest BCUT2D eigenvalue weighted by Gasteiger charge is -2.25. The normalized spacial score (nSPS) is 15.0. The summed E-state index contributed by atoms with van der Waals surface area (Å²) in [5.74, 6) is -0.234. The molecule has 0 bridgehead atoms. The van der Waals surface area contributed by atoms with Crippen LogP contribution in [0.25, 0.3) is 6.08 Å². The molecule has 1 aliphatic rings. The monoisotopic (exact) mass is 394 g/mol. The van der Waals surface area contributed by atoms with Gasteiger partial charge in [0, 0.05) is 25.7 Å². The molecule has 0 atom stereocenters. The van der Waals surface area contributed by atoms with E-state index in [4.69, 9.17) is 15.3 Å². The van der Waals surface area contributed by atoms with Crippen LogP contribution in [0.2, 0.25) is 0 Å². The fourth-order valence-corrected chi connectivity index (χ4v) is 2.80. The van der Waals surface area contributed by atoms with E-state index in [-0.39, 0.29) is 5.91 Å². The zero-order valence-electron chi connectivity index (χ0n) is 16.3. The maximum Gasteiger partial charge on any atom is 0.248 e. The minimum absolute atomic E-state index is 0.234. The van der Waals surface area contributed by atoms with Gasteiger partial charge >= 0.3 is 0 Å². The van der Waals surface area contributed by atoms with E-state index >= 15 is 0 Å². The van der Waals surface area contributed by atoms with Gasteiger partial charge in [0.05, 0.1) is 30.8 Å². The van der Waals surface area contributed by atoms with Crippen LogP contribution in [-0.2, 0) is 14.4 Å². The van der Waals surface area contributed by atoms with E-state index in [2.05, 4.69) is 15.4 Å². The molecule has 1 heterocycles. The number of ether oxygens (including phenoxy) is 1. The number of nitrogens with two attached hydrogens (primary N) is 1. The van der Waals surface area contributed by atoms with Gasteiger partial charge in [-0.3, -0.25) is 9.69 Å². The SMILES string of the molecule is Nc1ccccc1NC(=O)/C=C/c1ccc(/C=N/OCCN2CCOCC2)cc1. The fraction of sp³-hybridized carbons (Fsp3) is 0.273. The molecule has 1 amide bonds. The zero-order chi connectivity index (χ0) is 20.3. The first-order valence-corrected chi connectivity index (χ1v) is 9.60. The molecule has 2 aromatic rings. The molecular weight excluding hydrogens is 368 g/mol. The summed E-state index contributed by atoms with van der Waals surface area (Å²) in [7, 11) is 0. The lowest BCUT2D eigenvalue weighted by molar-refractivity contribution is -0.111. The highest BCUT2D eigenvalue weighted by Crippen LogP contribution is 2.16. The molecule has 0 aliphatic carbocycles. The van der Waals surface area contributed by atoms with E-state index < -0.39 is 0 Å². The van der Waals surface area contributed by atoms with Gasteiger partial charge in [0.2, 0.25) is 5.91 Å². The van der Waals surface area contributed by atoms with Crippen molar-refractivity contribution in [1.29, 1.82) is 0 Å². The van der Waals surface area contributed by atoms with E-state index in [1.165, 1.54) is 6.08 Å². The maximum absolute atomic E-state index is 12.0. The highest BCUT2D eigenvalue weighted by atomic mass is 16.6.